The number of ether oxygens (including phenoxy) is 2. The first-order valence-corrected chi connectivity index (χ1v) is 5.78. The average Bonchev–Trinajstić information content (AvgIpc) is 2.50. The van der Waals surface area contributed by atoms with E-state index in [1.54, 1.807) is 0 Å². The number of hydrogen-bond acceptors (Lipinski definition) is 2. The van der Waals surface area contributed by atoms with Gasteiger partial charge in [-0.2, -0.15) is 0 Å². The van der Waals surface area contributed by atoms with Gasteiger partial charge in [0.2, 0.25) is 0 Å². The molecule has 0 atom stereocenters. The molecular weight excluding hydrogens is 188 g/mol. The Kier molecular flexibility index (Phi) is 3.49. The molecule has 0 spiro atoms. The van der Waals surface area contributed by atoms with Crippen LogP contribution in [0.25, 0.3) is 0 Å². The van der Waals surface area contributed by atoms with Gasteiger partial charge in [0.25, 0.3) is 0 Å². The fraction of sp³-hybridized carbons (Fsp3) is 0.538. The van der Waals surface area contributed by atoms with Gasteiger partial charge in [0.1, 0.15) is 11.5 Å². The second-order valence-electron chi connectivity index (χ2n) is 3.92. The minimum Gasteiger partial charge on any atom is -0.493 e. The number of fused-ring (bicyclic) bond motifs is 1. The van der Waals surface area contributed by atoms with Crippen LogP contribution in [0.15, 0.2) is 18.2 Å². The van der Waals surface area contributed by atoms with Gasteiger partial charge in [-0.3, -0.25) is 0 Å². The molecule has 0 bridgehead atoms. The summed E-state index contributed by atoms with van der Waals surface area (Å²) in [5.41, 5.74) is 1.32. The summed E-state index contributed by atoms with van der Waals surface area (Å²) in [6.45, 7) is 3.73. The average molecular weight is 206 g/mol. The lowest BCUT2D eigenvalue weighted by atomic mass is 10.1. The highest BCUT2D eigenvalue weighted by atomic mass is 16.5. The molecule has 0 aromatic heterocycles. The molecule has 0 unspecified atom stereocenters. The van der Waals surface area contributed by atoms with Crippen LogP contribution >= 0.6 is 0 Å². The Balaban J connectivity index is 2.13. The molecule has 2 rings (SSSR count). The highest BCUT2D eigenvalue weighted by Crippen LogP contribution is 2.28. The monoisotopic (exact) mass is 206 g/mol. The Morgan fingerprint density at radius 3 is 3.13 bits per heavy atom. The molecule has 82 valence electrons. The fourth-order valence-electron chi connectivity index (χ4n) is 1.79. The van der Waals surface area contributed by atoms with Crippen LogP contribution in [0, 0.1) is 0 Å². The zero-order chi connectivity index (χ0) is 10.5. The van der Waals surface area contributed by atoms with Crippen LogP contribution in [-0.2, 0) is 6.42 Å². The predicted octanol–water partition coefficient (Wildman–Crippen LogP) is 3.19. The molecule has 0 aliphatic carbocycles. The van der Waals surface area contributed by atoms with Gasteiger partial charge in [0.05, 0.1) is 13.2 Å². The highest BCUT2D eigenvalue weighted by molar-refractivity contribution is 5.41. The molecule has 2 heteroatoms. The van der Waals surface area contributed by atoms with Crippen molar-refractivity contribution in [3.63, 3.8) is 0 Å². The molecule has 0 fully saturated rings. The van der Waals surface area contributed by atoms with Crippen molar-refractivity contribution in [1.29, 1.82) is 0 Å². The van der Waals surface area contributed by atoms with Crippen molar-refractivity contribution in [1.82, 2.24) is 0 Å². The third-order valence-corrected chi connectivity index (χ3v) is 2.61. The second-order valence-corrected chi connectivity index (χ2v) is 3.92. The van der Waals surface area contributed by atoms with Crippen LogP contribution in [-0.4, -0.2) is 13.2 Å². The van der Waals surface area contributed by atoms with Gasteiger partial charge in [0.15, 0.2) is 0 Å². The van der Waals surface area contributed by atoms with Crippen LogP contribution < -0.4 is 9.47 Å². The molecule has 1 aromatic carbocycles. The zero-order valence-corrected chi connectivity index (χ0v) is 9.29. The molecule has 15 heavy (non-hydrogen) atoms. The van der Waals surface area contributed by atoms with Crippen molar-refractivity contribution in [3.05, 3.63) is 23.8 Å². The first-order chi connectivity index (χ1) is 7.40. The van der Waals surface area contributed by atoms with E-state index in [-0.39, 0.29) is 0 Å². The Hall–Kier alpha value is -1.18. The van der Waals surface area contributed by atoms with Crippen LogP contribution in [0.5, 0.6) is 11.5 Å². The molecule has 0 radical (unpaired) electrons. The molecule has 2 nitrogen and oxygen atoms in total. The Morgan fingerprint density at radius 1 is 1.33 bits per heavy atom. The summed E-state index contributed by atoms with van der Waals surface area (Å²) in [6.07, 6.45) is 4.54. The lowest BCUT2D eigenvalue weighted by Gasteiger charge is -2.10. The normalized spacial score (nSPS) is 15.0. The Bertz CT molecular complexity index is 320. The summed E-state index contributed by atoms with van der Waals surface area (Å²) in [5.74, 6) is 1.94. The Morgan fingerprint density at radius 2 is 2.27 bits per heavy atom. The largest absolute Gasteiger partial charge is 0.493 e. The van der Waals surface area contributed by atoms with Gasteiger partial charge in [-0.15, -0.1) is 0 Å². The van der Waals surface area contributed by atoms with Gasteiger partial charge in [-0.1, -0.05) is 13.0 Å². The SMILES string of the molecule is CCCOc1ccc2c(c1)OCCCC2. The minimum atomic E-state index is 0.777. The van der Waals surface area contributed by atoms with Gasteiger partial charge in [-0.25, -0.2) is 0 Å². The maximum Gasteiger partial charge on any atom is 0.126 e. The van der Waals surface area contributed by atoms with Crippen LogP contribution in [0.4, 0.5) is 0 Å². The molecule has 1 aliphatic heterocycles. The van der Waals surface area contributed by atoms with Crippen molar-refractivity contribution >= 4 is 0 Å². The molecule has 1 aliphatic rings. The first-order valence-electron chi connectivity index (χ1n) is 5.78. The summed E-state index contributed by atoms with van der Waals surface area (Å²) >= 11 is 0. The van der Waals surface area contributed by atoms with Crippen LogP contribution in [0.3, 0.4) is 0 Å². The van der Waals surface area contributed by atoms with E-state index >= 15 is 0 Å². The van der Waals surface area contributed by atoms with E-state index in [0.29, 0.717) is 0 Å². The molecular formula is C13H18O2. The van der Waals surface area contributed by atoms with E-state index < -0.39 is 0 Å². The van der Waals surface area contributed by atoms with Gasteiger partial charge >= 0.3 is 0 Å². The molecule has 0 saturated carbocycles. The predicted molar refractivity (Wildman–Crippen MR) is 60.7 cm³/mol. The molecule has 0 saturated heterocycles. The van der Waals surface area contributed by atoms with Crippen molar-refractivity contribution < 1.29 is 9.47 Å². The maximum absolute atomic E-state index is 5.69. The van der Waals surface area contributed by atoms with E-state index in [2.05, 4.69) is 13.0 Å². The molecule has 1 heterocycles. The summed E-state index contributed by atoms with van der Waals surface area (Å²) in [5, 5.41) is 0. The third kappa shape index (κ3) is 2.65. The Labute approximate surface area is 91.2 Å². The van der Waals surface area contributed by atoms with E-state index in [1.807, 2.05) is 12.1 Å². The molecule has 1 aromatic rings. The summed E-state index contributed by atoms with van der Waals surface area (Å²) in [7, 11) is 0. The summed E-state index contributed by atoms with van der Waals surface area (Å²) in [4.78, 5) is 0. The smallest absolute Gasteiger partial charge is 0.126 e. The van der Waals surface area contributed by atoms with E-state index in [0.717, 1.165) is 44.0 Å². The quantitative estimate of drug-likeness (QED) is 0.756. The summed E-state index contributed by atoms with van der Waals surface area (Å²) in [6, 6.07) is 6.20. The number of rotatable bonds is 3. The van der Waals surface area contributed by atoms with Crippen molar-refractivity contribution in [3.8, 4) is 11.5 Å². The van der Waals surface area contributed by atoms with Crippen molar-refractivity contribution in [2.75, 3.05) is 13.2 Å². The topological polar surface area (TPSA) is 18.5 Å². The van der Waals surface area contributed by atoms with Crippen LogP contribution in [0.2, 0.25) is 0 Å². The molecule has 0 N–H and O–H groups in total. The lowest BCUT2D eigenvalue weighted by Crippen LogP contribution is -1.98. The standard InChI is InChI=1S/C13H18O2/c1-2-8-14-12-7-6-11-5-3-4-9-15-13(11)10-12/h6-7,10H,2-5,8-9H2,1H3. The van der Waals surface area contributed by atoms with E-state index in [4.69, 9.17) is 9.47 Å². The molecule has 0 amide bonds. The summed E-state index contributed by atoms with van der Waals surface area (Å²) < 4.78 is 11.3. The number of aryl methyl sites for hydroxylation is 1. The fourth-order valence-corrected chi connectivity index (χ4v) is 1.79. The van der Waals surface area contributed by atoms with E-state index in [9.17, 15) is 0 Å². The second kappa shape index (κ2) is 5.06. The zero-order valence-electron chi connectivity index (χ0n) is 9.29. The number of hydrogen-bond donors (Lipinski definition) is 0. The maximum atomic E-state index is 5.69. The lowest BCUT2D eigenvalue weighted by molar-refractivity contribution is 0.302. The van der Waals surface area contributed by atoms with Gasteiger partial charge in [-0.05, 0) is 37.3 Å². The first kappa shape index (κ1) is 10.3. The highest BCUT2D eigenvalue weighted by Gasteiger charge is 2.09. The number of benzene rings is 1. The van der Waals surface area contributed by atoms with Gasteiger partial charge in [0, 0.05) is 6.07 Å². The van der Waals surface area contributed by atoms with Crippen molar-refractivity contribution in [2.24, 2.45) is 0 Å². The van der Waals surface area contributed by atoms with Gasteiger partial charge < -0.3 is 9.47 Å². The third-order valence-electron chi connectivity index (χ3n) is 2.61. The van der Waals surface area contributed by atoms with E-state index in [1.165, 1.54) is 12.0 Å². The van der Waals surface area contributed by atoms with Crippen LogP contribution in [0.1, 0.15) is 31.7 Å². The van der Waals surface area contributed by atoms with Crippen molar-refractivity contribution in [2.45, 2.75) is 32.6 Å². The minimum absolute atomic E-state index is 0.777.